The number of aryl methyl sites for hydroxylation is 1. The van der Waals surface area contributed by atoms with Gasteiger partial charge >= 0.3 is 6.09 Å². The molecule has 0 bridgehead atoms. The van der Waals surface area contributed by atoms with E-state index in [4.69, 9.17) is 24.6 Å². The molecule has 3 aromatic rings. The molecule has 1 aromatic heterocycles. The van der Waals surface area contributed by atoms with E-state index < -0.39 is 29.7 Å². The molecule has 0 aliphatic carbocycles. The molecule has 0 spiro atoms. The summed E-state index contributed by atoms with van der Waals surface area (Å²) in [6.45, 7) is 7.96. The number of carbonyl (C=O) groups is 2. The molecular weight excluding hydrogens is 635 g/mol. The van der Waals surface area contributed by atoms with E-state index in [1.165, 1.54) is 11.1 Å². The second-order valence-corrected chi connectivity index (χ2v) is 11.9. The lowest BCUT2D eigenvalue weighted by molar-refractivity contribution is -0.152. The third kappa shape index (κ3) is 7.23. The topological polar surface area (TPSA) is 114 Å². The molecule has 1 fully saturated rings. The van der Waals surface area contributed by atoms with Crippen LogP contribution in [-0.2, 0) is 27.2 Å². The number of aromatic nitrogens is 1. The lowest BCUT2D eigenvalue weighted by Gasteiger charge is -2.32. The van der Waals surface area contributed by atoms with Crippen LogP contribution in [0.25, 0.3) is 0 Å². The van der Waals surface area contributed by atoms with Crippen LogP contribution in [0.1, 0.15) is 54.8 Å². The van der Waals surface area contributed by atoms with E-state index in [1.807, 2.05) is 75.4 Å². The first-order valence-corrected chi connectivity index (χ1v) is 14.4. The molecule has 1 aliphatic heterocycles. The summed E-state index contributed by atoms with van der Waals surface area (Å²) in [6.07, 6.45) is -0.138. The molecule has 2 N–H and O–H groups in total. The third-order valence-electron chi connectivity index (χ3n) is 6.63. The van der Waals surface area contributed by atoms with Gasteiger partial charge in [0.1, 0.15) is 18.2 Å². The quantitative estimate of drug-likeness (QED) is 0.199. The number of pyridine rings is 1. The van der Waals surface area contributed by atoms with Crippen molar-refractivity contribution in [1.29, 1.82) is 5.41 Å². The highest BCUT2D eigenvalue weighted by atomic mass is 127. The van der Waals surface area contributed by atoms with Crippen molar-refractivity contribution >= 4 is 46.6 Å². The maximum absolute atomic E-state index is 14.2. The Morgan fingerprint density at radius 3 is 2.49 bits per heavy atom. The van der Waals surface area contributed by atoms with Crippen LogP contribution < -0.4 is 10.1 Å². The van der Waals surface area contributed by atoms with Crippen molar-refractivity contribution in [2.45, 2.75) is 58.4 Å². The van der Waals surface area contributed by atoms with Crippen molar-refractivity contribution in [3.05, 3.63) is 86.1 Å². The molecular formula is C31H35IN4O5. The number of amides is 2. The summed E-state index contributed by atoms with van der Waals surface area (Å²) in [7, 11) is 1.62. The Morgan fingerprint density at radius 2 is 1.88 bits per heavy atom. The number of anilines is 1. The van der Waals surface area contributed by atoms with Crippen molar-refractivity contribution in [3.63, 3.8) is 0 Å². The molecule has 0 radical (unpaired) electrons. The Morgan fingerprint density at radius 1 is 1.20 bits per heavy atom. The zero-order valence-electron chi connectivity index (χ0n) is 23.9. The number of carbonyl (C=O) groups excluding carboxylic acids is 2. The summed E-state index contributed by atoms with van der Waals surface area (Å²) in [5.74, 6) is 0.774. The summed E-state index contributed by atoms with van der Waals surface area (Å²) in [6, 6.07) is 16.9. The molecule has 0 saturated carbocycles. The summed E-state index contributed by atoms with van der Waals surface area (Å²) < 4.78 is 17.6. The molecule has 4 rings (SSSR count). The minimum atomic E-state index is -1.13. The van der Waals surface area contributed by atoms with Gasteiger partial charge in [0, 0.05) is 33.2 Å². The van der Waals surface area contributed by atoms with Gasteiger partial charge in [-0.05, 0) is 80.0 Å². The summed E-state index contributed by atoms with van der Waals surface area (Å²) in [5.41, 5.74) is 2.91. The molecule has 216 valence electrons. The zero-order valence-corrected chi connectivity index (χ0v) is 26.0. The van der Waals surface area contributed by atoms with Crippen LogP contribution in [0.15, 0.2) is 54.6 Å². The van der Waals surface area contributed by atoms with Gasteiger partial charge in [0.2, 0.25) is 0 Å². The normalized spacial score (nSPS) is 15.8. The van der Waals surface area contributed by atoms with Crippen molar-refractivity contribution < 1.29 is 23.8 Å². The number of methoxy groups -OCH3 is 1. The Hall–Kier alpha value is -3.51. The van der Waals surface area contributed by atoms with E-state index in [-0.39, 0.29) is 6.61 Å². The van der Waals surface area contributed by atoms with E-state index in [0.29, 0.717) is 39.2 Å². The first kappa shape index (κ1) is 30.4. The number of imide groups is 1. The Labute approximate surface area is 254 Å². The van der Waals surface area contributed by atoms with Gasteiger partial charge in [-0.25, -0.2) is 14.7 Å². The second kappa shape index (κ2) is 13.0. The summed E-state index contributed by atoms with van der Waals surface area (Å²) in [4.78, 5) is 33.0. The average Bonchev–Trinajstić information content (AvgIpc) is 3.30. The molecule has 1 aliphatic rings. The maximum Gasteiger partial charge on any atom is 0.417 e. The number of cyclic esters (lactones) is 1. The lowest BCUT2D eigenvalue weighted by atomic mass is 10.0. The van der Waals surface area contributed by atoms with Crippen molar-refractivity contribution in [2.75, 3.05) is 19.0 Å². The maximum atomic E-state index is 14.2. The van der Waals surface area contributed by atoms with Gasteiger partial charge in [-0.1, -0.05) is 42.5 Å². The molecule has 9 nitrogen and oxygen atoms in total. The van der Waals surface area contributed by atoms with Crippen molar-refractivity contribution in [3.8, 4) is 5.75 Å². The average molecular weight is 671 g/mol. The van der Waals surface area contributed by atoms with E-state index in [0.717, 1.165) is 16.9 Å². The highest BCUT2D eigenvalue weighted by Crippen LogP contribution is 2.36. The minimum Gasteiger partial charge on any atom is -0.497 e. The van der Waals surface area contributed by atoms with Gasteiger partial charge in [0.05, 0.1) is 18.8 Å². The first-order chi connectivity index (χ1) is 19.5. The van der Waals surface area contributed by atoms with Crippen molar-refractivity contribution in [2.24, 2.45) is 0 Å². The molecule has 0 unspecified atom stereocenters. The van der Waals surface area contributed by atoms with Crippen LogP contribution in [0.3, 0.4) is 0 Å². The Balaban J connectivity index is 1.68. The number of ether oxygens (including phenoxy) is 3. The van der Waals surface area contributed by atoms with Gasteiger partial charge in [-0.3, -0.25) is 4.79 Å². The van der Waals surface area contributed by atoms with Crippen LogP contribution in [-0.4, -0.2) is 53.5 Å². The first-order valence-electron chi connectivity index (χ1n) is 13.3. The molecule has 2 aromatic carbocycles. The molecule has 2 atom stereocenters. The number of benzene rings is 2. The monoisotopic (exact) mass is 670 g/mol. The van der Waals surface area contributed by atoms with Crippen LogP contribution in [0.2, 0.25) is 0 Å². The zero-order chi connectivity index (χ0) is 29.7. The summed E-state index contributed by atoms with van der Waals surface area (Å²) >= 11 is 2.13. The largest absolute Gasteiger partial charge is 0.497 e. The number of nitrogens with zero attached hydrogens (tertiary/aromatic N) is 2. The van der Waals surface area contributed by atoms with E-state index >= 15 is 0 Å². The smallest absolute Gasteiger partial charge is 0.417 e. The van der Waals surface area contributed by atoms with Crippen LogP contribution in [0, 0.1) is 15.9 Å². The fourth-order valence-corrected chi connectivity index (χ4v) is 5.76. The van der Waals surface area contributed by atoms with Gasteiger partial charge in [0.25, 0.3) is 5.91 Å². The number of nitrogens with one attached hydrogen (secondary N) is 2. The summed E-state index contributed by atoms with van der Waals surface area (Å²) in [5, 5.41) is 11.5. The minimum absolute atomic E-state index is 0.107. The Bertz CT molecular complexity index is 1410. The second-order valence-electron chi connectivity index (χ2n) is 10.8. The van der Waals surface area contributed by atoms with Gasteiger partial charge in [-0.2, -0.15) is 0 Å². The third-order valence-corrected chi connectivity index (χ3v) is 7.79. The van der Waals surface area contributed by atoms with Crippen LogP contribution in [0.5, 0.6) is 5.75 Å². The molecule has 2 heterocycles. The highest BCUT2D eigenvalue weighted by Gasteiger charge is 2.44. The number of hydrogen-bond donors (Lipinski definition) is 2. The highest BCUT2D eigenvalue weighted by molar-refractivity contribution is 14.1. The lowest BCUT2D eigenvalue weighted by Crippen LogP contribution is -2.45. The molecule has 1 saturated heterocycles. The molecule has 2 amide bonds. The fraction of sp³-hybridized carbons (Fsp3) is 0.355. The predicted molar refractivity (Wildman–Crippen MR) is 166 cm³/mol. The van der Waals surface area contributed by atoms with Crippen LogP contribution >= 0.6 is 22.6 Å². The molecule has 10 heteroatoms. The number of hydrogen-bond acceptors (Lipinski definition) is 8. The number of rotatable bonds is 10. The van der Waals surface area contributed by atoms with Gasteiger partial charge in [-0.15, -0.1) is 0 Å². The Kier molecular flexibility index (Phi) is 9.64. The SMILES string of the molecule is COc1ccc(CNc2nc(C)c([C@H](OC(C)(C)C)C(=O)N3C(=O)OC[C@H]3Cc3ccccc3)c(I)c2C=N)cc1. The van der Waals surface area contributed by atoms with E-state index in [2.05, 4.69) is 27.9 Å². The van der Waals surface area contributed by atoms with Gasteiger partial charge in [0.15, 0.2) is 6.10 Å². The van der Waals surface area contributed by atoms with E-state index in [9.17, 15) is 9.59 Å². The standard InChI is InChI=1S/C31H35IN4O5/c1-19-25(26(32)24(16-33)28(35-19)34-17-21-11-13-23(39-5)14-12-21)27(41-31(2,3)4)29(37)36-22(18-40-30(36)38)15-20-9-7-6-8-10-20/h6-14,16,22,27,33H,15,17-18H2,1-5H3,(H,34,35)/t22-,27+/m1/s1. The van der Waals surface area contributed by atoms with E-state index in [1.54, 1.807) is 14.0 Å². The fourth-order valence-electron chi connectivity index (χ4n) is 4.68. The van der Waals surface area contributed by atoms with Crippen molar-refractivity contribution in [1.82, 2.24) is 9.88 Å². The van der Waals surface area contributed by atoms with Crippen LogP contribution in [0.4, 0.5) is 10.6 Å². The molecule has 41 heavy (non-hydrogen) atoms. The van der Waals surface area contributed by atoms with Gasteiger partial charge < -0.3 is 24.9 Å². The number of halogens is 1. The predicted octanol–water partition coefficient (Wildman–Crippen LogP) is 6.06.